The van der Waals surface area contributed by atoms with Crippen LogP contribution >= 0.6 is 0 Å². The Labute approximate surface area is 553 Å². The maximum Gasteiger partial charge on any atom is 0.410 e. The Morgan fingerprint density at radius 3 is 1.22 bits per heavy atom. The average molecular weight is 1300 g/mol. The molecule has 0 spiro atoms. The number of morpholine rings is 2. The van der Waals surface area contributed by atoms with Gasteiger partial charge in [-0.2, -0.15) is 0 Å². The van der Waals surface area contributed by atoms with Gasteiger partial charge in [-0.25, -0.2) is 18.4 Å². The van der Waals surface area contributed by atoms with E-state index in [1.165, 1.54) is 24.3 Å². The molecule has 0 saturated carbocycles. The highest BCUT2D eigenvalue weighted by molar-refractivity contribution is 6.04. The van der Waals surface area contributed by atoms with E-state index in [1.807, 2.05) is 106 Å². The van der Waals surface area contributed by atoms with Crippen molar-refractivity contribution >= 4 is 47.2 Å². The average Bonchev–Trinajstić information content (AvgIpc) is 1.59. The van der Waals surface area contributed by atoms with Gasteiger partial charge in [0.1, 0.15) is 22.8 Å². The van der Waals surface area contributed by atoms with Gasteiger partial charge in [-0.05, 0) is 166 Å². The normalized spacial score (nSPS) is 25.6. The maximum absolute atomic E-state index is 15.2. The Balaban J connectivity index is 0.858. The van der Waals surface area contributed by atoms with E-state index in [-0.39, 0.29) is 111 Å². The summed E-state index contributed by atoms with van der Waals surface area (Å²) < 4.78 is 51.4. The lowest BCUT2D eigenvalue weighted by Gasteiger charge is -2.47. The molecule has 2 N–H and O–H groups in total. The molecule has 6 aliphatic rings. The smallest absolute Gasteiger partial charge is 0.410 e. The second-order valence-electron chi connectivity index (χ2n) is 29.4. The lowest BCUT2D eigenvalue weighted by atomic mass is 9.82. The number of amides is 6. The van der Waals surface area contributed by atoms with Crippen molar-refractivity contribution in [3.05, 3.63) is 130 Å². The molecule has 4 aromatic rings. The van der Waals surface area contributed by atoms with Crippen molar-refractivity contribution in [1.29, 1.82) is 0 Å². The van der Waals surface area contributed by atoms with E-state index < -0.39 is 34.2 Å². The Morgan fingerprint density at radius 1 is 0.511 bits per heavy atom. The summed E-state index contributed by atoms with van der Waals surface area (Å²) in [5.41, 5.74) is 2.17. The van der Waals surface area contributed by atoms with Crippen molar-refractivity contribution in [2.75, 3.05) is 128 Å². The third-order valence-electron chi connectivity index (χ3n) is 19.5. The number of halogens is 2. The fourth-order valence-electron chi connectivity index (χ4n) is 14.2. The third kappa shape index (κ3) is 16.2. The molecule has 0 aliphatic carbocycles. The maximum atomic E-state index is 15.2. The number of benzene rings is 4. The summed E-state index contributed by atoms with van der Waals surface area (Å²) in [6, 6.07) is 23.4. The molecule has 0 radical (unpaired) electrons. The molecule has 20 nitrogen and oxygen atoms in total. The number of anilines is 2. The molecular weight excluding hydrogens is 1200 g/mol. The van der Waals surface area contributed by atoms with Gasteiger partial charge in [0, 0.05) is 126 Å². The zero-order valence-corrected chi connectivity index (χ0v) is 57.1. The summed E-state index contributed by atoms with van der Waals surface area (Å²) in [5.74, 6) is -1.78. The van der Waals surface area contributed by atoms with Crippen LogP contribution in [0, 0.1) is 11.6 Å². The number of rotatable bonds is 17. The standard InChI is InChI=1S/C72H98F2N10O10/c1-47-35-79(57(37-77-27-29-91-43-49(77)3)39-81(47)67(89)93-69(5,6)7)41-63(85)83-45-71(11,59-23-17-53(33-61(59)83)31-51-13-19-55(73)20-14-51)65(87)75-25-26-76-66(88)72(12)46-84(62-34-54(18-24-60(62)72)32-52-15-21-56(74)22-16-52)64(86)42-80-36-48(2)82(68(90)94-70(8,9)10)40-58(80)38-78-28-30-92-44-50(78)4/h13-24,33-34,47-50,57-58H,25-32,35-46H2,1-12H3,(H,75,87)(H,76,88)/t47-,48-,49-,50?,57+,58+,71?,72?/m1/s1. The number of ether oxygens (including phenoxy) is 4. The van der Waals surface area contributed by atoms with E-state index >= 15 is 9.59 Å². The molecule has 4 saturated heterocycles. The minimum absolute atomic E-state index is 0.0164. The van der Waals surface area contributed by atoms with Gasteiger partial charge < -0.3 is 49.2 Å². The zero-order chi connectivity index (χ0) is 67.6. The second-order valence-corrected chi connectivity index (χ2v) is 29.4. The SMILES string of the molecule is CC1COCCN1C[C@H]1CN(C(=O)OC(C)(C)C)[C@H](C)CN1CC(=O)N1CC(C)(C(=O)NCCNC(=O)C2(C)CN(C(=O)CN3C[C@@H](C)N(C(=O)OC(C)(C)C)C[C@@H]3CN3CCOC[C@H]3C)c3cc(Cc4ccc(F)cc4)ccc32)c2ccc(Cc3ccc(F)cc3)cc21. The Kier molecular flexibility index (Phi) is 21.3. The molecule has 510 valence electrons. The number of hydrogen-bond donors (Lipinski definition) is 2. The molecule has 0 bridgehead atoms. The van der Waals surface area contributed by atoms with E-state index in [4.69, 9.17) is 18.9 Å². The number of nitrogens with one attached hydrogen (secondary N) is 2. The number of carbonyl (C=O) groups is 6. The van der Waals surface area contributed by atoms with Crippen molar-refractivity contribution < 1.29 is 56.5 Å². The van der Waals surface area contributed by atoms with E-state index in [9.17, 15) is 28.0 Å². The van der Waals surface area contributed by atoms with E-state index in [0.717, 1.165) is 22.3 Å². The largest absolute Gasteiger partial charge is 0.444 e. The number of nitrogens with zero attached hydrogens (tertiary/aromatic N) is 8. The zero-order valence-electron chi connectivity index (χ0n) is 57.1. The molecule has 4 fully saturated rings. The van der Waals surface area contributed by atoms with Crippen LogP contribution in [0.3, 0.4) is 0 Å². The quantitative estimate of drug-likeness (QED) is 0.0999. The van der Waals surface area contributed by atoms with Gasteiger partial charge in [-0.1, -0.05) is 48.5 Å². The van der Waals surface area contributed by atoms with Crippen molar-refractivity contribution in [2.24, 2.45) is 0 Å². The predicted molar refractivity (Wildman–Crippen MR) is 356 cm³/mol. The van der Waals surface area contributed by atoms with Crippen molar-refractivity contribution in [3.8, 4) is 0 Å². The van der Waals surface area contributed by atoms with Gasteiger partial charge in [0.2, 0.25) is 23.6 Å². The summed E-state index contributed by atoms with van der Waals surface area (Å²) in [4.78, 5) is 104. The van der Waals surface area contributed by atoms with Crippen molar-refractivity contribution in [3.63, 3.8) is 0 Å². The number of carbonyl (C=O) groups excluding carboxylic acids is 6. The van der Waals surface area contributed by atoms with E-state index in [1.54, 1.807) is 43.9 Å². The van der Waals surface area contributed by atoms with Gasteiger partial charge in [-0.3, -0.25) is 38.8 Å². The number of hydrogen-bond acceptors (Lipinski definition) is 14. The van der Waals surface area contributed by atoms with Crippen molar-refractivity contribution in [2.45, 2.75) is 154 Å². The van der Waals surface area contributed by atoms with Gasteiger partial charge in [0.15, 0.2) is 0 Å². The summed E-state index contributed by atoms with van der Waals surface area (Å²) >= 11 is 0. The number of fused-ring (bicyclic) bond motifs is 2. The summed E-state index contributed by atoms with van der Waals surface area (Å²) in [6.07, 6.45) is 0.106. The van der Waals surface area contributed by atoms with Gasteiger partial charge in [0.05, 0.1) is 50.3 Å². The molecular formula is C72H98F2N10O10. The minimum atomic E-state index is -1.22. The molecule has 6 amide bonds. The topological polar surface area (TPSA) is 189 Å². The van der Waals surface area contributed by atoms with Crippen LogP contribution in [0.25, 0.3) is 0 Å². The van der Waals surface area contributed by atoms with Crippen LogP contribution in [0.5, 0.6) is 0 Å². The van der Waals surface area contributed by atoms with Crippen LogP contribution in [-0.4, -0.2) is 231 Å². The van der Waals surface area contributed by atoms with E-state index in [0.29, 0.717) is 114 Å². The Hall–Kier alpha value is -7.08. The summed E-state index contributed by atoms with van der Waals surface area (Å²) in [7, 11) is 0. The first kappa shape index (κ1) is 69.7. The summed E-state index contributed by atoms with van der Waals surface area (Å²) in [5, 5.41) is 6.21. The molecule has 94 heavy (non-hydrogen) atoms. The highest BCUT2D eigenvalue weighted by Crippen LogP contribution is 2.44. The minimum Gasteiger partial charge on any atom is -0.444 e. The molecule has 0 aromatic heterocycles. The second kappa shape index (κ2) is 28.7. The van der Waals surface area contributed by atoms with Crippen LogP contribution in [0.1, 0.15) is 116 Å². The molecule has 8 atom stereocenters. The van der Waals surface area contributed by atoms with Crippen LogP contribution in [0.4, 0.5) is 29.7 Å². The first-order chi connectivity index (χ1) is 44.4. The van der Waals surface area contributed by atoms with Crippen LogP contribution in [0.2, 0.25) is 0 Å². The highest BCUT2D eigenvalue weighted by Gasteiger charge is 2.50. The Morgan fingerprint density at radius 2 is 0.872 bits per heavy atom. The van der Waals surface area contributed by atoms with Crippen LogP contribution in [-0.2, 0) is 61.8 Å². The third-order valence-corrected chi connectivity index (χ3v) is 19.5. The van der Waals surface area contributed by atoms with Gasteiger partial charge >= 0.3 is 12.2 Å². The summed E-state index contributed by atoms with van der Waals surface area (Å²) in [6.45, 7) is 29.5. The van der Waals surface area contributed by atoms with E-state index in [2.05, 4.69) is 44.1 Å². The molecule has 22 heteroatoms. The predicted octanol–water partition coefficient (Wildman–Crippen LogP) is 7.35. The fourth-order valence-corrected chi connectivity index (χ4v) is 14.2. The monoisotopic (exact) mass is 1300 g/mol. The van der Waals surface area contributed by atoms with Gasteiger partial charge in [0.25, 0.3) is 0 Å². The van der Waals surface area contributed by atoms with Crippen LogP contribution < -0.4 is 20.4 Å². The fraction of sp³-hybridized carbons (Fsp3) is 0.583. The van der Waals surface area contributed by atoms with Crippen LogP contribution in [0.15, 0.2) is 84.9 Å². The lowest BCUT2D eigenvalue weighted by molar-refractivity contribution is -0.128. The van der Waals surface area contributed by atoms with Crippen molar-refractivity contribution in [1.82, 2.24) is 40.0 Å². The molecule has 4 aromatic carbocycles. The number of piperazine rings is 2. The highest BCUT2D eigenvalue weighted by atomic mass is 19.1. The molecule has 3 unspecified atom stereocenters. The van der Waals surface area contributed by atoms with Gasteiger partial charge in [-0.15, -0.1) is 0 Å². The molecule has 6 heterocycles. The molecule has 10 rings (SSSR count). The first-order valence-electron chi connectivity index (χ1n) is 33.5. The first-order valence-corrected chi connectivity index (χ1v) is 33.5. The molecule has 6 aliphatic heterocycles. The Bertz CT molecular complexity index is 3180. The lowest BCUT2D eigenvalue weighted by Crippen LogP contribution is -2.64.